The summed E-state index contributed by atoms with van der Waals surface area (Å²) in [5, 5.41) is 24.5. The molecule has 0 unspecified atom stereocenters. The fourth-order valence-electron chi connectivity index (χ4n) is 4.78. The summed E-state index contributed by atoms with van der Waals surface area (Å²) in [4.78, 5) is 30.5. The smallest absolute Gasteiger partial charge is 0.309 e. The van der Waals surface area contributed by atoms with E-state index in [9.17, 15) is 19.8 Å². The van der Waals surface area contributed by atoms with Crippen molar-refractivity contribution < 1.29 is 29.3 Å². The van der Waals surface area contributed by atoms with E-state index in [1.54, 1.807) is 32.1 Å². The lowest BCUT2D eigenvalue weighted by molar-refractivity contribution is -0.154. The Morgan fingerprint density at radius 3 is 2.56 bits per heavy atom. The minimum Gasteiger partial charge on any atom is -0.458 e. The maximum atomic E-state index is 13.2. The molecule has 0 radical (unpaired) electrons. The summed E-state index contributed by atoms with van der Waals surface area (Å²) in [6.07, 6.45) is 2.28. The van der Waals surface area contributed by atoms with Crippen LogP contribution in [0.15, 0.2) is 11.0 Å². The first-order valence-electron chi connectivity index (χ1n) is 12.3. The largest absolute Gasteiger partial charge is 0.458 e. The van der Waals surface area contributed by atoms with Crippen molar-refractivity contribution in [3.63, 3.8) is 0 Å². The van der Waals surface area contributed by atoms with E-state index in [0.717, 1.165) is 35.5 Å². The number of hydrogen-bond acceptors (Lipinski definition) is 8. The molecule has 3 rings (SSSR count). The SMILES string of the molecule is C/C(=C\c1csc(C)n1)[C@H]1C[C@H]2O[C@@H]2CCC[C@H](C)[C@H](O)[C@H](C)C(=O)C(C)(C)[C@H](O)CC(=O)O1. The number of aliphatic hydroxyl groups excluding tert-OH is 2. The molecule has 2 fully saturated rings. The third-order valence-corrected chi connectivity index (χ3v) is 8.20. The zero-order valence-corrected chi connectivity index (χ0v) is 21.9. The number of hydrogen-bond donors (Lipinski definition) is 2. The van der Waals surface area contributed by atoms with Crippen molar-refractivity contribution >= 4 is 29.2 Å². The molecular formula is C26H39NO6S. The number of nitrogens with zero attached hydrogens (tertiary/aromatic N) is 1. The van der Waals surface area contributed by atoms with Gasteiger partial charge in [0.2, 0.25) is 0 Å². The van der Waals surface area contributed by atoms with E-state index >= 15 is 0 Å². The van der Waals surface area contributed by atoms with E-state index in [1.165, 1.54) is 0 Å². The summed E-state index contributed by atoms with van der Waals surface area (Å²) in [5.41, 5.74) is 0.494. The Bertz CT molecular complexity index is 909. The van der Waals surface area contributed by atoms with Crippen molar-refractivity contribution in [3.05, 3.63) is 21.7 Å². The molecule has 1 aromatic rings. The van der Waals surface area contributed by atoms with Crippen LogP contribution in [-0.2, 0) is 19.1 Å². The van der Waals surface area contributed by atoms with Crippen LogP contribution in [0.4, 0.5) is 0 Å². The number of Topliss-reactive ketones (excluding diaryl/α,β-unsaturated/α-hetero) is 1. The second kappa shape index (κ2) is 11.0. The van der Waals surface area contributed by atoms with Gasteiger partial charge in [-0.2, -0.15) is 0 Å². The standard InChI is InChI=1S/C26H39NO6S/c1-14-8-7-9-19-21(32-19)11-20(15(2)10-18-13-34-17(4)27-18)33-23(29)12-22(28)26(5,6)25(31)16(3)24(14)30/h10,13-14,16,19-22,24,28,30H,7-9,11-12H2,1-6H3/b15-10+/t14-,16-,19+,20+,21+,22+,24-/m0/s1. The van der Waals surface area contributed by atoms with Gasteiger partial charge >= 0.3 is 5.97 Å². The Balaban J connectivity index is 1.81. The normalized spacial score (nSPS) is 36.0. The number of aromatic nitrogens is 1. The average molecular weight is 494 g/mol. The maximum Gasteiger partial charge on any atom is 0.309 e. The van der Waals surface area contributed by atoms with Crippen molar-refractivity contribution in [2.45, 2.75) is 104 Å². The number of esters is 1. The number of carbonyl (C=O) groups is 2. The quantitative estimate of drug-likeness (QED) is 0.472. The van der Waals surface area contributed by atoms with Crippen molar-refractivity contribution in [1.29, 1.82) is 0 Å². The first kappa shape index (κ1) is 27.0. The van der Waals surface area contributed by atoms with Crippen molar-refractivity contribution in [1.82, 2.24) is 4.98 Å². The molecule has 0 amide bonds. The lowest BCUT2D eigenvalue weighted by Gasteiger charge is -2.34. The number of aryl methyl sites for hydroxylation is 1. The molecule has 0 aliphatic carbocycles. The van der Waals surface area contributed by atoms with Crippen LogP contribution in [0.5, 0.6) is 0 Å². The molecule has 2 aliphatic rings. The number of cyclic esters (lactones) is 1. The predicted octanol–water partition coefficient (Wildman–Crippen LogP) is 4.09. The van der Waals surface area contributed by atoms with E-state index in [0.29, 0.717) is 6.42 Å². The highest BCUT2D eigenvalue weighted by Crippen LogP contribution is 2.36. The number of ketones is 1. The highest BCUT2D eigenvalue weighted by atomic mass is 32.1. The van der Waals surface area contributed by atoms with Crippen LogP contribution < -0.4 is 0 Å². The summed E-state index contributed by atoms with van der Waals surface area (Å²) in [7, 11) is 0. The predicted molar refractivity (Wildman–Crippen MR) is 131 cm³/mol. The molecule has 34 heavy (non-hydrogen) atoms. The molecule has 7 atom stereocenters. The summed E-state index contributed by atoms with van der Waals surface area (Å²) < 4.78 is 11.7. The van der Waals surface area contributed by atoms with Crippen molar-refractivity contribution in [2.24, 2.45) is 17.3 Å². The molecule has 1 aromatic heterocycles. The fourth-order valence-corrected chi connectivity index (χ4v) is 5.35. The summed E-state index contributed by atoms with van der Waals surface area (Å²) in [6.45, 7) is 10.8. The Hall–Kier alpha value is -1.61. The van der Waals surface area contributed by atoms with Crippen molar-refractivity contribution in [3.8, 4) is 0 Å². The second-order valence-electron chi connectivity index (χ2n) is 10.6. The molecule has 0 aromatic carbocycles. The first-order valence-corrected chi connectivity index (χ1v) is 13.1. The summed E-state index contributed by atoms with van der Waals surface area (Å²) >= 11 is 1.56. The maximum absolute atomic E-state index is 13.2. The fraction of sp³-hybridized carbons (Fsp3) is 0.731. The van der Waals surface area contributed by atoms with Gasteiger partial charge in [0.15, 0.2) is 0 Å². The number of rotatable bonds is 2. The monoisotopic (exact) mass is 493 g/mol. The molecule has 8 heteroatoms. The van der Waals surface area contributed by atoms with Crippen LogP contribution in [0.2, 0.25) is 0 Å². The molecule has 2 saturated heterocycles. The van der Waals surface area contributed by atoms with Crippen LogP contribution in [-0.4, -0.2) is 57.5 Å². The van der Waals surface area contributed by atoms with Gasteiger partial charge in [0.1, 0.15) is 11.9 Å². The van der Waals surface area contributed by atoms with Crippen LogP contribution in [0, 0.1) is 24.2 Å². The van der Waals surface area contributed by atoms with Gasteiger partial charge in [-0.15, -0.1) is 11.3 Å². The van der Waals surface area contributed by atoms with Gasteiger partial charge in [0, 0.05) is 17.7 Å². The zero-order chi connectivity index (χ0) is 25.2. The molecule has 2 aliphatic heterocycles. The van der Waals surface area contributed by atoms with Crippen LogP contribution in [0.3, 0.4) is 0 Å². The number of thiazole rings is 1. The Labute approximate surface area is 206 Å². The highest BCUT2D eigenvalue weighted by Gasteiger charge is 2.44. The topological polar surface area (TPSA) is 109 Å². The highest BCUT2D eigenvalue weighted by molar-refractivity contribution is 7.09. The zero-order valence-electron chi connectivity index (χ0n) is 21.1. The van der Waals surface area contributed by atoms with Gasteiger partial charge in [-0.3, -0.25) is 9.59 Å². The second-order valence-corrected chi connectivity index (χ2v) is 11.7. The van der Waals surface area contributed by atoms with Gasteiger partial charge in [-0.05, 0) is 44.3 Å². The molecule has 0 saturated carbocycles. The minimum absolute atomic E-state index is 0.00770. The third-order valence-electron chi connectivity index (χ3n) is 7.41. The van der Waals surface area contributed by atoms with Crippen molar-refractivity contribution in [2.75, 3.05) is 0 Å². The molecule has 0 spiro atoms. The number of carbonyl (C=O) groups excluding carboxylic acids is 2. The van der Waals surface area contributed by atoms with Crippen LogP contribution >= 0.6 is 11.3 Å². The van der Waals surface area contributed by atoms with E-state index in [2.05, 4.69) is 4.98 Å². The molecule has 7 nitrogen and oxygen atoms in total. The number of aliphatic hydroxyl groups is 2. The van der Waals surface area contributed by atoms with E-state index < -0.39 is 35.6 Å². The number of epoxide rings is 1. The summed E-state index contributed by atoms with van der Waals surface area (Å²) in [6, 6.07) is 0. The van der Waals surface area contributed by atoms with Crippen LogP contribution in [0.25, 0.3) is 6.08 Å². The van der Waals surface area contributed by atoms with Gasteiger partial charge < -0.3 is 19.7 Å². The van der Waals surface area contributed by atoms with E-state index in [-0.39, 0.29) is 30.3 Å². The van der Waals surface area contributed by atoms with Gasteiger partial charge in [-0.1, -0.05) is 34.1 Å². The lowest BCUT2D eigenvalue weighted by atomic mass is 9.73. The molecule has 3 heterocycles. The Kier molecular flexibility index (Phi) is 8.71. The average Bonchev–Trinajstić information content (AvgIpc) is 3.38. The number of fused-ring (bicyclic) bond motifs is 1. The lowest BCUT2D eigenvalue weighted by Crippen LogP contribution is -2.45. The molecule has 2 N–H and O–H groups in total. The van der Waals surface area contributed by atoms with Gasteiger partial charge in [0.25, 0.3) is 0 Å². The van der Waals surface area contributed by atoms with Gasteiger partial charge in [0.05, 0.1) is 47.0 Å². The first-order chi connectivity index (χ1) is 15.9. The third kappa shape index (κ3) is 6.53. The van der Waals surface area contributed by atoms with Gasteiger partial charge in [-0.25, -0.2) is 4.98 Å². The Morgan fingerprint density at radius 1 is 1.21 bits per heavy atom. The van der Waals surface area contributed by atoms with E-state index in [1.807, 2.05) is 32.2 Å². The molecule has 0 bridgehead atoms. The van der Waals surface area contributed by atoms with E-state index in [4.69, 9.17) is 9.47 Å². The number of ether oxygens (including phenoxy) is 2. The summed E-state index contributed by atoms with van der Waals surface area (Å²) in [5.74, 6) is -1.52. The minimum atomic E-state index is -1.22. The molecular weight excluding hydrogens is 454 g/mol. The van der Waals surface area contributed by atoms with Crippen LogP contribution in [0.1, 0.15) is 77.4 Å². The molecule has 190 valence electrons. The Morgan fingerprint density at radius 2 is 1.91 bits per heavy atom.